The molecule has 32 heavy (non-hydrogen) atoms. The highest BCUT2D eigenvalue weighted by Gasteiger charge is 2.33. The summed E-state index contributed by atoms with van der Waals surface area (Å²) in [6.07, 6.45) is 2.46. The van der Waals surface area contributed by atoms with Crippen molar-refractivity contribution in [3.63, 3.8) is 0 Å². The van der Waals surface area contributed by atoms with Crippen molar-refractivity contribution >= 4 is 27.4 Å². The van der Waals surface area contributed by atoms with Crippen molar-refractivity contribution in [1.82, 2.24) is 14.6 Å². The number of aryl methyl sites for hydroxylation is 1. The van der Waals surface area contributed by atoms with Gasteiger partial charge in [0.05, 0.1) is 9.82 Å². The standard InChI is InChI=1S/C21H27N5O5S/c1-15-6-7-18(26(28)29)13-19(15)32(30,31)25-11-8-16(9-12-25)21(27)23-14-17-5-4-10-22-20(17)24(2)3/h4-7,10,13,16H,8-9,11-12,14H2,1-3H3,(H,23,27). The van der Waals surface area contributed by atoms with Crippen molar-refractivity contribution in [1.29, 1.82) is 0 Å². The number of aromatic nitrogens is 1. The van der Waals surface area contributed by atoms with E-state index >= 15 is 0 Å². The number of nitro benzene ring substituents is 1. The first-order valence-electron chi connectivity index (χ1n) is 10.3. The third-order valence-corrected chi connectivity index (χ3v) is 7.61. The number of nitrogens with one attached hydrogen (secondary N) is 1. The van der Waals surface area contributed by atoms with Crippen LogP contribution in [-0.4, -0.2) is 55.7 Å². The lowest BCUT2D eigenvalue weighted by Gasteiger charge is -2.31. The number of pyridine rings is 1. The van der Waals surface area contributed by atoms with Crippen molar-refractivity contribution < 1.29 is 18.1 Å². The minimum absolute atomic E-state index is 0.0672. The van der Waals surface area contributed by atoms with Crippen molar-refractivity contribution in [2.75, 3.05) is 32.1 Å². The van der Waals surface area contributed by atoms with E-state index in [1.165, 1.54) is 16.4 Å². The Morgan fingerprint density at radius 3 is 2.59 bits per heavy atom. The molecule has 3 rings (SSSR count). The van der Waals surface area contributed by atoms with Crippen molar-refractivity contribution in [3.05, 3.63) is 57.8 Å². The van der Waals surface area contributed by atoms with Crippen LogP contribution in [0.1, 0.15) is 24.0 Å². The summed E-state index contributed by atoms with van der Waals surface area (Å²) in [4.78, 5) is 29.2. The van der Waals surface area contributed by atoms with E-state index in [4.69, 9.17) is 0 Å². The molecule has 10 nitrogen and oxygen atoms in total. The van der Waals surface area contributed by atoms with Crippen LogP contribution in [0.15, 0.2) is 41.4 Å². The van der Waals surface area contributed by atoms with Crippen LogP contribution in [0.2, 0.25) is 0 Å². The van der Waals surface area contributed by atoms with Gasteiger partial charge in [-0.3, -0.25) is 14.9 Å². The predicted octanol–water partition coefficient (Wildman–Crippen LogP) is 2.08. The average molecular weight is 462 g/mol. The summed E-state index contributed by atoms with van der Waals surface area (Å²) in [5.74, 6) is 0.357. The first kappa shape index (κ1) is 23.6. The molecule has 0 aliphatic carbocycles. The first-order chi connectivity index (χ1) is 15.1. The lowest BCUT2D eigenvalue weighted by Crippen LogP contribution is -2.43. The molecule has 1 amide bonds. The number of piperidine rings is 1. The number of carbonyl (C=O) groups excluding carboxylic acids is 1. The zero-order valence-corrected chi connectivity index (χ0v) is 19.1. The van der Waals surface area contributed by atoms with Gasteiger partial charge in [-0.1, -0.05) is 12.1 Å². The third kappa shape index (κ3) is 5.05. The second kappa shape index (κ2) is 9.61. The van der Waals surface area contributed by atoms with Crippen LogP contribution in [0.4, 0.5) is 11.5 Å². The Bertz CT molecular complexity index is 1110. The molecular formula is C21H27N5O5S. The van der Waals surface area contributed by atoms with Crippen LogP contribution >= 0.6 is 0 Å². The summed E-state index contributed by atoms with van der Waals surface area (Å²) in [6, 6.07) is 7.53. The number of hydrogen-bond donors (Lipinski definition) is 1. The second-order valence-electron chi connectivity index (χ2n) is 7.98. The minimum atomic E-state index is -3.88. The van der Waals surface area contributed by atoms with Gasteiger partial charge in [0.25, 0.3) is 5.69 Å². The molecule has 2 aromatic rings. The monoisotopic (exact) mass is 461 g/mol. The quantitative estimate of drug-likeness (QED) is 0.494. The summed E-state index contributed by atoms with van der Waals surface area (Å²) >= 11 is 0. The molecule has 11 heteroatoms. The third-order valence-electron chi connectivity index (χ3n) is 5.57. The van der Waals surface area contributed by atoms with Gasteiger partial charge in [0.1, 0.15) is 5.82 Å². The molecule has 0 saturated carbocycles. The summed E-state index contributed by atoms with van der Waals surface area (Å²) in [7, 11) is -0.121. The molecule has 1 aliphatic rings. The van der Waals surface area contributed by atoms with E-state index in [1.807, 2.05) is 31.1 Å². The Hall–Kier alpha value is -3.05. The van der Waals surface area contributed by atoms with Gasteiger partial charge >= 0.3 is 0 Å². The highest BCUT2D eigenvalue weighted by molar-refractivity contribution is 7.89. The van der Waals surface area contributed by atoms with Crippen molar-refractivity contribution in [2.24, 2.45) is 5.92 Å². The van der Waals surface area contributed by atoms with E-state index in [1.54, 1.807) is 13.1 Å². The molecule has 0 unspecified atom stereocenters. The zero-order chi connectivity index (χ0) is 23.5. The number of nitrogens with zero attached hydrogens (tertiary/aromatic N) is 4. The Labute approximate surface area is 187 Å². The molecular weight excluding hydrogens is 434 g/mol. The molecule has 1 aromatic heterocycles. The maximum absolute atomic E-state index is 13.1. The molecule has 0 bridgehead atoms. The molecule has 1 fully saturated rings. The normalized spacial score (nSPS) is 15.3. The van der Waals surface area contributed by atoms with Crippen molar-refractivity contribution in [3.8, 4) is 0 Å². The van der Waals surface area contributed by atoms with Gasteiger partial charge in [-0.2, -0.15) is 4.31 Å². The van der Waals surface area contributed by atoms with Gasteiger partial charge in [-0.05, 0) is 31.4 Å². The second-order valence-corrected chi connectivity index (χ2v) is 9.89. The molecule has 1 N–H and O–H groups in total. The van der Waals surface area contributed by atoms with E-state index in [2.05, 4.69) is 10.3 Å². The Kier molecular flexibility index (Phi) is 7.09. The number of rotatable bonds is 7. The maximum Gasteiger partial charge on any atom is 0.270 e. The van der Waals surface area contributed by atoms with Gasteiger partial charge in [0.2, 0.25) is 15.9 Å². The highest BCUT2D eigenvalue weighted by Crippen LogP contribution is 2.28. The molecule has 0 radical (unpaired) electrons. The lowest BCUT2D eigenvalue weighted by molar-refractivity contribution is -0.385. The number of non-ortho nitro benzene ring substituents is 1. The van der Waals surface area contributed by atoms with Gasteiger partial charge in [0.15, 0.2) is 0 Å². The van der Waals surface area contributed by atoms with E-state index in [0.29, 0.717) is 24.9 Å². The van der Waals surface area contributed by atoms with Crippen LogP contribution in [0.3, 0.4) is 0 Å². The number of amides is 1. The summed E-state index contributed by atoms with van der Waals surface area (Å²) in [5.41, 5.74) is 1.08. The van der Waals surface area contributed by atoms with Crippen LogP contribution in [0, 0.1) is 23.0 Å². The number of benzene rings is 1. The zero-order valence-electron chi connectivity index (χ0n) is 18.3. The molecule has 2 heterocycles. The minimum Gasteiger partial charge on any atom is -0.362 e. The number of sulfonamides is 1. The highest BCUT2D eigenvalue weighted by atomic mass is 32.2. The lowest BCUT2D eigenvalue weighted by atomic mass is 9.97. The average Bonchev–Trinajstić information content (AvgIpc) is 2.77. The Morgan fingerprint density at radius 1 is 1.28 bits per heavy atom. The number of hydrogen-bond acceptors (Lipinski definition) is 7. The maximum atomic E-state index is 13.1. The van der Waals surface area contributed by atoms with Crippen LogP contribution < -0.4 is 10.2 Å². The molecule has 172 valence electrons. The topological polar surface area (TPSA) is 126 Å². The van der Waals surface area contributed by atoms with E-state index in [0.717, 1.165) is 17.4 Å². The molecule has 1 saturated heterocycles. The Morgan fingerprint density at radius 2 is 1.97 bits per heavy atom. The van der Waals surface area contributed by atoms with Gasteiger partial charge in [-0.25, -0.2) is 13.4 Å². The van der Waals surface area contributed by atoms with E-state index < -0.39 is 14.9 Å². The fraction of sp³-hybridized carbons (Fsp3) is 0.429. The smallest absolute Gasteiger partial charge is 0.270 e. The summed E-state index contributed by atoms with van der Waals surface area (Å²) < 4.78 is 27.4. The van der Waals surface area contributed by atoms with Gasteiger partial charge < -0.3 is 10.2 Å². The molecule has 0 spiro atoms. The van der Waals surface area contributed by atoms with Crippen molar-refractivity contribution in [2.45, 2.75) is 31.2 Å². The van der Waals surface area contributed by atoms with Gasteiger partial charge in [-0.15, -0.1) is 0 Å². The summed E-state index contributed by atoms with van der Waals surface area (Å²) in [5, 5.41) is 14.0. The van der Waals surface area contributed by atoms with Crippen LogP contribution in [-0.2, 0) is 21.4 Å². The number of carbonyl (C=O) groups is 1. The Balaban J connectivity index is 1.63. The SMILES string of the molecule is Cc1ccc([N+](=O)[O-])cc1S(=O)(=O)N1CCC(C(=O)NCc2cccnc2N(C)C)CC1. The fourth-order valence-electron chi connectivity index (χ4n) is 3.78. The summed E-state index contributed by atoms with van der Waals surface area (Å²) in [6.45, 7) is 2.31. The predicted molar refractivity (Wildman–Crippen MR) is 120 cm³/mol. The molecule has 1 aliphatic heterocycles. The fourth-order valence-corrected chi connectivity index (χ4v) is 5.49. The van der Waals surface area contributed by atoms with E-state index in [9.17, 15) is 23.3 Å². The molecule has 0 atom stereocenters. The van der Waals surface area contributed by atoms with E-state index in [-0.39, 0.29) is 35.5 Å². The largest absolute Gasteiger partial charge is 0.362 e. The first-order valence-corrected chi connectivity index (χ1v) is 11.7. The van der Waals surface area contributed by atoms with Crippen LogP contribution in [0.5, 0.6) is 0 Å². The van der Waals surface area contributed by atoms with Crippen LogP contribution in [0.25, 0.3) is 0 Å². The van der Waals surface area contributed by atoms with Gasteiger partial charge in [0, 0.05) is 63.5 Å². The number of anilines is 1. The number of nitro groups is 1. The molecule has 1 aromatic carbocycles.